The Balaban J connectivity index is 2.73. The fourth-order valence-corrected chi connectivity index (χ4v) is 2.99. The normalized spacial score (nSPS) is 12.2. The van der Waals surface area contributed by atoms with Crippen molar-refractivity contribution >= 4 is 21.6 Å². The minimum Gasteiger partial charge on any atom is -0.325 e. The standard InChI is InChI=1S/C15H24N2O3S/c1-5-10-21(19,20)16-11-14(18)17-13-9-7-6-8-12(13)15(2,3)4/h6-9,16H,5,10-11H2,1-4H3,(H,17,18). The maximum absolute atomic E-state index is 11.9. The molecule has 0 spiro atoms. The van der Waals surface area contributed by atoms with Crippen LogP contribution in [-0.4, -0.2) is 26.6 Å². The predicted octanol–water partition coefficient (Wildman–Crippen LogP) is 2.25. The number of benzene rings is 1. The number of amides is 1. The van der Waals surface area contributed by atoms with Crippen LogP contribution in [0.2, 0.25) is 0 Å². The van der Waals surface area contributed by atoms with Gasteiger partial charge < -0.3 is 5.32 Å². The quantitative estimate of drug-likeness (QED) is 0.846. The number of nitrogens with one attached hydrogen (secondary N) is 2. The molecule has 0 bridgehead atoms. The van der Waals surface area contributed by atoms with Gasteiger partial charge in [-0.2, -0.15) is 0 Å². The van der Waals surface area contributed by atoms with Crippen LogP contribution in [0.15, 0.2) is 24.3 Å². The Labute approximate surface area is 127 Å². The molecule has 0 aromatic heterocycles. The first-order valence-corrected chi connectivity index (χ1v) is 8.67. The summed E-state index contributed by atoms with van der Waals surface area (Å²) in [5, 5.41) is 2.77. The lowest BCUT2D eigenvalue weighted by Gasteiger charge is -2.23. The zero-order chi connectivity index (χ0) is 16.1. The van der Waals surface area contributed by atoms with E-state index < -0.39 is 10.0 Å². The topological polar surface area (TPSA) is 75.3 Å². The molecular weight excluding hydrogens is 288 g/mol. The monoisotopic (exact) mass is 312 g/mol. The van der Waals surface area contributed by atoms with Gasteiger partial charge in [0, 0.05) is 5.69 Å². The summed E-state index contributed by atoms with van der Waals surface area (Å²) in [6, 6.07) is 7.53. The summed E-state index contributed by atoms with van der Waals surface area (Å²) in [6.45, 7) is 7.70. The lowest BCUT2D eigenvalue weighted by molar-refractivity contribution is -0.115. The zero-order valence-electron chi connectivity index (χ0n) is 13.1. The van der Waals surface area contributed by atoms with Gasteiger partial charge in [-0.1, -0.05) is 45.9 Å². The lowest BCUT2D eigenvalue weighted by Crippen LogP contribution is -2.34. The molecule has 2 N–H and O–H groups in total. The van der Waals surface area contributed by atoms with E-state index in [0.717, 1.165) is 5.56 Å². The number of anilines is 1. The van der Waals surface area contributed by atoms with Crippen LogP contribution in [0.4, 0.5) is 5.69 Å². The summed E-state index contributed by atoms with van der Waals surface area (Å²) < 4.78 is 25.3. The molecule has 5 nitrogen and oxygen atoms in total. The van der Waals surface area contributed by atoms with Gasteiger partial charge in [0.15, 0.2) is 0 Å². The molecular formula is C15H24N2O3S. The average Bonchev–Trinajstić information content (AvgIpc) is 2.36. The van der Waals surface area contributed by atoms with Crippen LogP contribution in [0.25, 0.3) is 0 Å². The first-order chi connectivity index (χ1) is 9.65. The second-order valence-corrected chi connectivity index (χ2v) is 7.91. The number of hydrogen-bond donors (Lipinski definition) is 2. The molecule has 118 valence electrons. The van der Waals surface area contributed by atoms with Crippen molar-refractivity contribution in [3.63, 3.8) is 0 Å². The molecule has 21 heavy (non-hydrogen) atoms. The average molecular weight is 312 g/mol. The van der Waals surface area contributed by atoms with Crippen molar-refractivity contribution in [3.8, 4) is 0 Å². The molecule has 1 aromatic carbocycles. The highest BCUT2D eigenvalue weighted by molar-refractivity contribution is 7.89. The van der Waals surface area contributed by atoms with Crippen LogP contribution in [0.3, 0.4) is 0 Å². The zero-order valence-corrected chi connectivity index (χ0v) is 13.9. The molecule has 0 aliphatic heterocycles. The minimum atomic E-state index is -3.37. The molecule has 0 saturated heterocycles. The largest absolute Gasteiger partial charge is 0.325 e. The Morgan fingerprint density at radius 2 is 1.81 bits per heavy atom. The number of carbonyl (C=O) groups excluding carboxylic acids is 1. The van der Waals surface area contributed by atoms with Gasteiger partial charge in [-0.25, -0.2) is 13.1 Å². The van der Waals surface area contributed by atoms with Crippen molar-refractivity contribution in [2.75, 3.05) is 17.6 Å². The third kappa shape index (κ3) is 5.85. The van der Waals surface area contributed by atoms with E-state index in [-0.39, 0.29) is 23.6 Å². The smallest absolute Gasteiger partial charge is 0.239 e. The number of rotatable bonds is 6. The molecule has 1 aromatic rings. The number of para-hydroxylation sites is 1. The maximum Gasteiger partial charge on any atom is 0.239 e. The van der Waals surface area contributed by atoms with E-state index in [0.29, 0.717) is 12.1 Å². The van der Waals surface area contributed by atoms with Crippen LogP contribution in [0.5, 0.6) is 0 Å². The third-order valence-electron chi connectivity index (χ3n) is 2.93. The first kappa shape index (κ1) is 17.7. The van der Waals surface area contributed by atoms with Crippen LogP contribution >= 0.6 is 0 Å². The van der Waals surface area contributed by atoms with Gasteiger partial charge in [0.05, 0.1) is 12.3 Å². The molecule has 6 heteroatoms. The number of hydrogen-bond acceptors (Lipinski definition) is 3. The van der Waals surface area contributed by atoms with E-state index in [1.165, 1.54) is 0 Å². The second-order valence-electron chi connectivity index (χ2n) is 5.98. The summed E-state index contributed by atoms with van der Waals surface area (Å²) in [5.74, 6) is -0.342. The molecule has 0 aliphatic rings. The molecule has 0 saturated carbocycles. The molecule has 0 fully saturated rings. The molecule has 0 heterocycles. The Hall–Kier alpha value is -1.40. The molecule has 1 rings (SSSR count). The van der Waals surface area contributed by atoms with Gasteiger partial charge in [0.1, 0.15) is 0 Å². The summed E-state index contributed by atoms with van der Waals surface area (Å²) in [6.07, 6.45) is 0.518. The van der Waals surface area contributed by atoms with E-state index in [4.69, 9.17) is 0 Å². The molecule has 0 aliphatic carbocycles. The van der Waals surface area contributed by atoms with Gasteiger partial charge in [0.25, 0.3) is 0 Å². The SMILES string of the molecule is CCCS(=O)(=O)NCC(=O)Nc1ccccc1C(C)(C)C. The Morgan fingerprint density at radius 3 is 2.38 bits per heavy atom. The minimum absolute atomic E-state index is 0.0266. The van der Waals surface area contributed by atoms with Crippen molar-refractivity contribution in [3.05, 3.63) is 29.8 Å². The highest BCUT2D eigenvalue weighted by atomic mass is 32.2. The van der Waals surface area contributed by atoms with E-state index in [1.54, 1.807) is 6.92 Å². The third-order valence-corrected chi connectivity index (χ3v) is 4.46. The maximum atomic E-state index is 11.9. The van der Waals surface area contributed by atoms with Crippen molar-refractivity contribution in [2.24, 2.45) is 0 Å². The lowest BCUT2D eigenvalue weighted by atomic mass is 9.86. The van der Waals surface area contributed by atoms with Gasteiger partial charge in [-0.05, 0) is 23.5 Å². The fourth-order valence-electron chi connectivity index (χ4n) is 1.96. The van der Waals surface area contributed by atoms with Crippen molar-refractivity contribution in [1.82, 2.24) is 4.72 Å². The Morgan fingerprint density at radius 1 is 1.19 bits per heavy atom. The first-order valence-electron chi connectivity index (χ1n) is 7.02. The summed E-state index contributed by atoms with van der Waals surface area (Å²) in [5.41, 5.74) is 1.62. The summed E-state index contributed by atoms with van der Waals surface area (Å²) >= 11 is 0. The van der Waals surface area contributed by atoms with Crippen molar-refractivity contribution in [2.45, 2.75) is 39.5 Å². The summed E-state index contributed by atoms with van der Waals surface area (Å²) in [7, 11) is -3.37. The van der Waals surface area contributed by atoms with E-state index in [2.05, 4.69) is 30.8 Å². The van der Waals surface area contributed by atoms with Gasteiger partial charge >= 0.3 is 0 Å². The molecule has 1 amide bonds. The Kier molecular flexibility index (Phi) is 5.92. The fraction of sp³-hybridized carbons (Fsp3) is 0.533. The van der Waals surface area contributed by atoms with Gasteiger partial charge in [0.2, 0.25) is 15.9 Å². The van der Waals surface area contributed by atoms with Crippen LogP contribution < -0.4 is 10.0 Å². The van der Waals surface area contributed by atoms with Crippen LogP contribution in [-0.2, 0) is 20.2 Å². The van der Waals surface area contributed by atoms with Crippen LogP contribution in [0, 0.1) is 0 Å². The molecule has 0 radical (unpaired) electrons. The highest BCUT2D eigenvalue weighted by Gasteiger charge is 2.19. The number of sulfonamides is 1. The van der Waals surface area contributed by atoms with Crippen molar-refractivity contribution < 1.29 is 13.2 Å². The van der Waals surface area contributed by atoms with E-state index in [1.807, 2.05) is 24.3 Å². The second kappa shape index (κ2) is 7.04. The van der Waals surface area contributed by atoms with Gasteiger partial charge in [-0.15, -0.1) is 0 Å². The molecule has 0 unspecified atom stereocenters. The van der Waals surface area contributed by atoms with E-state index >= 15 is 0 Å². The Bertz CT molecular complexity index is 589. The van der Waals surface area contributed by atoms with Crippen molar-refractivity contribution in [1.29, 1.82) is 0 Å². The van der Waals surface area contributed by atoms with E-state index in [9.17, 15) is 13.2 Å². The van der Waals surface area contributed by atoms with Gasteiger partial charge in [-0.3, -0.25) is 4.79 Å². The summed E-state index contributed by atoms with van der Waals surface area (Å²) in [4.78, 5) is 11.9. The highest BCUT2D eigenvalue weighted by Crippen LogP contribution is 2.29. The molecule has 0 atom stereocenters. The predicted molar refractivity (Wildman–Crippen MR) is 85.9 cm³/mol. The number of carbonyl (C=O) groups is 1. The van der Waals surface area contributed by atoms with Crippen LogP contribution in [0.1, 0.15) is 39.7 Å².